The van der Waals surface area contributed by atoms with Gasteiger partial charge in [0, 0.05) is 43.3 Å². The maximum atomic E-state index is 4.14. The number of fused-ring (bicyclic) bond motifs is 3. The Hall–Kier alpha value is -4.76. The number of para-hydroxylation sites is 3. The van der Waals surface area contributed by atoms with Crippen LogP contribution in [-0.2, 0) is 0 Å². The molecule has 5 unspecified atom stereocenters. The molecule has 55 heavy (non-hydrogen) atoms. The minimum Gasteiger partial charge on any atom is -0.332 e. The topological polar surface area (TPSA) is 42.6 Å². The summed E-state index contributed by atoms with van der Waals surface area (Å²) < 4.78 is 0. The molecule has 3 aliphatic carbocycles. The van der Waals surface area contributed by atoms with Crippen molar-refractivity contribution in [2.24, 2.45) is 5.92 Å². The van der Waals surface area contributed by atoms with Crippen molar-refractivity contribution in [2.45, 2.75) is 71.8 Å². The second-order valence-electron chi connectivity index (χ2n) is 14.8. The smallest absolute Gasteiger partial charge is 0.0862 e. The summed E-state index contributed by atoms with van der Waals surface area (Å²) in [6.45, 7) is 2.15. The Kier molecular flexibility index (Phi) is 9.50. The van der Waals surface area contributed by atoms with E-state index in [4.69, 9.17) is 0 Å². The molecule has 5 nitrogen and oxygen atoms in total. The first-order chi connectivity index (χ1) is 27.2. The third-order valence-corrected chi connectivity index (χ3v) is 13.7. The number of rotatable bonds is 6. The standard InChI is InChI=1S/C48H45N5S2/c1-2-17-34-30-35(48-50-46(32-18-5-3-6-19-32)49-47(51-48)33-20-7-4-8-21-33)41(53-38-24-11-15-28-44(38)55-45-29-16-12-25-39(45)53)31-40(34)52-36-22-9-13-26-42(36)54-43-27-14-10-23-37(43)52/h2-9,11-20,22,24-30,33,41,46-51H,10,21,23,31H2,1H3/b17-2+. The Balaban J connectivity index is 1.18. The van der Waals surface area contributed by atoms with Crippen LogP contribution in [0.2, 0.25) is 0 Å². The van der Waals surface area contributed by atoms with Gasteiger partial charge in [-0.15, -0.1) is 0 Å². The molecule has 3 aliphatic heterocycles. The molecule has 0 aromatic heterocycles. The van der Waals surface area contributed by atoms with Crippen molar-refractivity contribution in [3.8, 4) is 0 Å². The van der Waals surface area contributed by atoms with Crippen molar-refractivity contribution in [3.63, 3.8) is 0 Å². The van der Waals surface area contributed by atoms with Crippen LogP contribution >= 0.6 is 23.5 Å². The van der Waals surface area contributed by atoms with E-state index in [1.807, 2.05) is 23.5 Å². The highest BCUT2D eigenvalue weighted by Gasteiger charge is 2.42. The number of nitrogens with one attached hydrogen (secondary N) is 3. The lowest BCUT2D eigenvalue weighted by molar-refractivity contribution is 0.182. The van der Waals surface area contributed by atoms with Gasteiger partial charge in [0.1, 0.15) is 0 Å². The number of nitrogens with zero attached hydrogens (tertiary/aromatic N) is 2. The minimum absolute atomic E-state index is 0.0131. The highest BCUT2D eigenvalue weighted by molar-refractivity contribution is 8.03. The van der Waals surface area contributed by atoms with Crippen molar-refractivity contribution < 1.29 is 0 Å². The average molecular weight is 756 g/mol. The fourth-order valence-corrected chi connectivity index (χ4v) is 11.1. The molecule has 1 saturated heterocycles. The van der Waals surface area contributed by atoms with Crippen molar-refractivity contribution in [3.05, 3.63) is 191 Å². The van der Waals surface area contributed by atoms with E-state index < -0.39 is 0 Å². The summed E-state index contributed by atoms with van der Waals surface area (Å²) in [7, 11) is 0. The number of allylic oxidation sites excluding steroid dienone is 10. The molecule has 0 bridgehead atoms. The molecule has 5 atom stereocenters. The van der Waals surface area contributed by atoms with Crippen molar-refractivity contribution in [1.29, 1.82) is 0 Å². The Labute approximate surface area is 333 Å². The van der Waals surface area contributed by atoms with Crippen LogP contribution in [0.25, 0.3) is 0 Å². The molecule has 4 aromatic rings. The lowest BCUT2D eigenvalue weighted by Gasteiger charge is -2.49. The third-order valence-electron chi connectivity index (χ3n) is 11.5. The van der Waals surface area contributed by atoms with E-state index in [2.05, 4.69) is 190 Å². The maximum absolute atomic E-state index is 4.14. The fraction of sp³-hybridized carbons (Fsp3) is 0.208. The van der Waals surface area contributed by atoms with Crippen LogP contribution in [0.1, 0.15) is 44.3 Å². The lowest BCUT2D eigenvalue weighted by atomic mass is 9.85. The Bertz CT molecular complexity index is 2290. The second kappa shape index (κ2) is 15.1. The molecule has 3 heterocycles. The van der Waals surface area contributed by atoms with E-state index in [0.717, 1.165) is 25.7 Å². The SMILES string of the molecule is C/C=C/C1=C(N2C3=C(C=CCC3)Sc3ccccc32)CC(N2c3ccccc3Sc3ccccc32)C(C2NC(c3ccccc3)NC(C3C=CC=CC3)N2)=C1. The Morgan fingerprint density at radius 3 is 2.11 bits per heavy atom. The maximum Gasteiger partial charge on any atom is 0.0862 e. The predicted molar refractivity (Wildman–Crippen MR) is 230 cm³/mol. The van der Waals surface area contributed by atoms with E-state index in [1.165, 1.54) is 64.8 Å². The van der Waals surface area contributed by atoms with Crippen LogP contribution in [0.5, 0.6) is 0 Å². The minimum atomic E-state index is -0.104. The van der Waals surface area contributed by atoms with Gasteiger partial charge in [0.15, 0.2) is 0 Å². The van der Waals surface area contributed by atoms with Gasteiger partial charge in [0.05, 0.1) is 41.6 Å². The highest BCUT2D eigenvalue weighted by Crippen LogP contribution is 2.54. The molecule has 3 N–H and O–H groups in total. The summed E-state index contributed by atoms with van der Waals surface area (Å²) in [5.41, 5.74) is 10.4. The molecule has 0 amide bonds. The van der Waals surface area contributed by atoms with Gasteiger partial charge in [-0.2, -0.15) is 0 Å². The van der Waals surface area contributed by atoms with Gasteiger partial charge in [-0.3, -0.25) is 16.0 Å². The zero-order chi connectivity index (χ0) is 36.7. The van der Waals surface area contributed by atoms with E-state index in [-0.39, 0.29) is 24.5 Å². The summed E-state index contributed by atoms with van der Waals surface area (Å²) in [6, 6.07) is 37.8. The van der Waals surface area contributed by atoms with Crippen LogP contribution in [0, 0.1) is 5.92 Å². The van der Waals surface area contributed by atoms with Crippen LogP contribution in [0.4, 0.5) is 17.1 Å². The molecule has 0 radical (unpaired) electrons. The predicted octanol–water partition coefficient (Wildman–Crippen LogP) is 11.3. The normalized spacial score (nSPS) is 25.8. The number of thioether (sulfide) groups is 1. The van der Waals surface area contributed by atoms with E-state index in [0.29, 0.717) is 5.92 Å². The van der Waals surface area contributed by atoms with E-state index in [1.54, 1.807) is 0 Å². The van der Waals surface area contributed by atoms with Gasteiger partial charge in [0.2, 0.25) is 0 Å². The fourth-order valence-electron chi connectivity index (χ4n) is 8.95. The number of anilines is 3. The van der Waals surface area contributed by atoms with Crippen LogP contribution in [0.3, 0.4) is 0 Å². The quantitative estimate of drug-likeness (QED) is 0.181. The van der Waals surface area contributed by atoms with Gasteiger partial charge in [-0.05, 0) is 85.4 Å². The third kappa shape index (κ3) is 6.48. The molecule has 4 aromatic carbocycles. The summed E-state index contributed by atoms with van der Waals surface area (Å²) in [5.74, 6) is 0.324. The first kappa shape index (κ1) is 34.7. The highest BCUT2D eigenvalue weighted by atomic mass is 32.2. The number of hydrogen-bond donors (Lipinski definition) is 3. The number of hydrogen-bond acceptors (Lipinski definition) is 7. The van der Waals surface area contributed by atoms with Crippen molar-refractivity contribution >= 4 is 40.6 Å². The molecular weight excluding hydrogens is 711 g/mol. The Morgan fingerprint density at radius 1 is 0.691 bits per heavy atom. The van der Waals surface area contributed by atoms with Crippen LogP contribution in [-0.4, -0.2) is 18.4 Å². The van der Waals surface area contributed by atoms with Gasteiger partial charge < -0.3 is 9.80 Å². The second-order valence-corrected chi connectivity index (χ2v) is 17.0. The summed E-state index contributed by atoms with van der Waals surface area (Å²) in [4.78, 5) is 10.5. The molecule has 6 aliphatic rings. The monoisotopic (exact) mass is 755 g/mol. The van der Waals surface area contributed by atoms with Crippen LogP contribution < -0.4 is 25.8 Å². The molecule has 0 spiro atoms. The Morgan fingerprint density at radius 2 is 1.38 bits per heavy atom. The van der Waals surface area contributed by atoms with Gasteiger partial charge >= 0.3 is 0 Å². The molecule has 7 heteroatoms. The first-order valence-corrected chi connectivity index (χ1v) is 21.2. The van der Waals surface area contributed by atoms with Gasteiger partial charge in [-0.1, -0.05) is 139 Å². The molecule has 0 saturated carbocycles. The lowest BCUT2D eigenvalue weighted by Crippen LogP contribution is -2.67. The van der Waals surface area contributed by atoms with E-state index >= 15 is 0 Å². The van der Waals surface area contributed by atoms with Crippen molar-refractivity contribution in [2.75, 3.05) is 9.80 Å². The molecular formula is C48H45N5S2. The van der Waals surface area contributed by atoms with Crippen LogP contribution in [0.15, 0.2) is 200 Å². The zero-order valence-electron chi connectivity index (χ0n) is 30.9. The largest absolute Gasteiger partial charge is 0.332 e. The zero-order valence-corrected chi connectivity index (χ0v) is 32.6. The summed E-state index contributed by atoms with van der Waals surface area (Å²) in [5, 5.41) is 12.2. The van der Waals surface area contributed by atoms with Crippen molar-refractivity contribution in [1.82, 2.24) is 16.0 Å². The number of benzene rings is 4. The molecule has 274 valence electrons. The molecule has 10 rings (SSSR count). The van der Waals surface area contributed by atoms with Gasteiger partial charge in [-0.25, -0.2) is 0 Å². The summed E-state index contributed by atoms with van der Waals surface area (Å²) in [6.07, 6.45) is 24.6. The average Bonchev–Trinajstić information content (AvgIpc) is 3.25. The van der Waals surface area contributed by atoms with E-state index in [9.17, 15) is 0 Å². The summed E-state index contributed by atoms with van der Waals surface area (Å²) >= 11 is 3.79. The molecule has 1 fully saturated rings. The first-order valence-electron chi connectivity index (χ1n) is 19.6. The van der Waals surface area contributed by atoms with Gasteiger partial charge in [0.25, 0.3) is 0 Å².